The van der Waals surface area contributed by atoms with E-state index in [2.05, 4.69) is 15.9 Å². The molecule has 0 heterocycles. The normalized spacial score (nSPS) is 11.2. The lowest BCUT2D eigenvalue weighted by Crippen LogP contribution is -2.10. The fourth-order valence-corrected chi connectivity index (χ4v) is 1.69. The van der Waals surface area contributed by atoms with Crippen LogP contribution in [0, 0.1) is 17.1 Å². The number of nitrogens with zero attached hydrogens (tertiary/aromatic N) is 1. The quantitative estimate of drug-likeness (QED) is 0.721. The zero-order chi connectivity index (χ0) is 11.6. The van der Waals surface area contributed by atoms with Gasteiger partial charge in [-0.2, -0.15) is 18.4 Å². The monoisotopic (exact) mass is 281 g/mol. The van der Waals surface area contributed by atoms with Crippen LogP contribution in [0.3, 0.4) is 0 Å². The third-order valence-electron chi connectivity index (χ3n) is 1.72. The van der Waals surface area contributed by atoms with E-state index in [1.54, 1.807) is 6.07 Å². The standard InChI is InChI=1S/C9H4BrF4N/c10-8-4-5(11)3-7(9(12,13)14)6(8)1-2-15/h3-4H,1H2. The van der Waals surface area contributed by atoms with Crippen LogP contribution in [0.5, 0.6) is 0 Å². The van der Waals surface area contributed by atoms with Crippen LogP contribution < -0.4 is 0 Å². The SMILES string of the molecule is N#CCc1c(Br)cc(F)cc1C(F)(F)F. The second kappa shape index (κ2) is 4.19. The molecule has 1 nitrogen and oxygen atoms in total. The molecular weight excluding hydrogens is 278 g/mol. The van der Waals surface area contributed by atoms with Gasteiger partial charge in [-0.25, -0.2) is 4.39 Å². The fraction of sp³-hybridized carbons (Fsp3) is 0.222. The first-order valence-electron chi connectivity index (χ1n) is 3.78. The number of alkyl halides is 3. The average Bonchev–Trinajstić information content (AvgIpc) is 2.07. The molecule has 0 unspecified atom stereocenters. The Hall–Kier alpha value is -1.09. The number of rotatable bonds is 1. The van der Waals surface area contributed by atoms with Crippen molar-refractivity contribution in [2.45, 2.75) is 12.6 Å². The zero-order valence-electron chi connectivity index (χ0n) is 7.20. The third kappa shape index (κ3) is 2.69. The fourth-order valence-electron chi connectivity index (χ4n) is 1.12. The second-order valence-electron chi connectivity index (χ2n) is 2.75. The number of halogens is 5. The summed E-state index contributed by atoms with van der Waals surface area (Å²) in [5.41, 5.74) is -1.36. The van der Waals surface area contributed by atoms with Gasteiger partial charge < -0.3 is 0 Å². The molecule has 80 valence electrons. The molecule has 1 rings (SSSR count). The molecule has 0 radical (unpaired) electrons. The largest absolute Gasteiger partial charge is 0.416 e. The molecule has 6 heteroatoms. The Morgan fingerprint density at radius 2 is 1.93 bits per heavy atom. The number of nitriles is 1. The summed E-state index contributed by atoms with van der Waals surface area (Å²) in [5.74, 6) is -0.990. The van der Waals surface area contributed by atoms with Gasteiger partial charge in [0.2, 0.25) is 0 Å². The van der Waals surface area contributed by atoms with Crippen molar-refractivity contribution in [2.75, 3.05) is 0 Å². The smallest absolute Gasteiger partial charge is 0.207 e. The topological polar surface area (TPSA) is 23.8 Å². The molecule has 15 heavy (non-hydrogen) atoms. The van der Waals surface area contributed by atoms with Gasteiger partial charge in [0.25, 0.3) is 0 Å². The molecule has 0 amide bonds. The Labute approximate surface area is 91.4 Å². The van der Waals surface area contributed by atoms with Crippen molar-refractivity contribution in [1.82, 2.24) is 0 Å². The molecule has 0 aliphatic heterocycles. The average molecular weight is 282 g/mol. The third-order valence-corrected chi connectivity index (χ3v) is 2.43. The Bertz CT molecular complexity index is 419. The lowest BCUT2D eigenvalue weighted by Gasteiger charge is -2.12. The van der Waals surface area contributed by atoms with E-state index in [4.69, 9.17) is 5.26 Å². The van der Waals surface area contributed by atoms with E-state index in [0.717, 1.165) is 6.07 Å². The summed E-state index contributed by atoms with van der Waals surface area (Å²) in [6, 6.07) is 2.90. The van der Waals surface area contributed by atoms with Crippen molar-refractivity contribution < 1.29 is 17.6 Å². The predicted molar refractivity (Wildman–Crippen MR) is 48.4 cm³/mol. The maximum atomic E-state index is 12.8. The van der Waals surface area contributed by atoms with Gasteiger partial charge in [0.05, 0.1) is 18.1 Å². The highest BCUT2D eigenvalue weighted by Gasteiger charge is 2.34. The summed E-state index contributed by atoms with van der Waals surface area (Å²) < 4.78 is 50.0. The number of hydrogen-bond donors (Lipinski definition) is 0. The molecule has 0 aliphatic rings. The molecular formula is C9H4BrF4N. The highest BCUT2D eigenvalue weighted by molar-refractivity contribution is 9.10. The van der Waals surface area contributed by atoms with Crippen LogP contribution in [0.4, 0.5) is 17.6 Å². The first-order chi connectivity index (χ1) is 6.86. The second-order valence-corrected chi connectivity index (χ2v) is 3.60. The van der Waals surface area contributed by atoms with Crippen LogP contribution in [0.2, 0.25) is 0 Å². The summed E-state index contributed by atoms with van der Waals surface area (Å²) >= 11 is 2.80. The Balaban J connectivity index is 3.41. The minimum absolute atomic E-state index is 0.0450. The van der Waals surface area contributed by atoms with Crippen molar-refractivity contribution in [3.8, 4) is 6.07 Å². The molecule has 0 saturated heterocycles. The summed E-state index contributed by atoms with van der Waals surface area (Å²) in [7, 11) is 0. The molecule has 0 spiro atoms. The van der Waals surface area contributed by atoms with E-state index >= 15 is 0 Å². The van der Waals surface area contributed by atoms with Crippen molar-refractivity contribution in [2.24, 2.45) is 0 Å². The van der Waals surface area contributed by atoms with Gasteiger partial charge in [0, 0.05) is 4.47 Å². The van der Waals surface area contributed by atoms with E-state index < -0.39 is 24.0 Å². The minimum Gasteiger partial charge on any atom is -0.207 e. The van der Waals surface area contributed by atoms with Gasteiger partial charge >= 0.3 is 6.18 Å². The van der Waals surface area contributed by atoms with Crippen LogP contribution in [-0.2, 0) is 12.6 Å². The van der Waals surface area contributed by atoms with Crippen LogP contribution in [-0.4, -0.2) is 0 Å². The molecule has 1 aromatic rings. The van der Waals surface area contributed by atoms with Crippen molar-refractivity contribution in [3.05, 3.63) is 33.5 Å². The van der Waals surface area contributed by atoms with Gasteiger partial charge in [0.15, 0.2) is 0 Å². The molecule has 0 atom stereocenters. The molecule has 0 fully saturated rings. The summed E-state index contributed by atoms with van der Waals surface area (Å²) in [6.07, 6.45) is -5.08. The minimum atomic E-state index is -4.66. The van der Waals surface area contributed by atoms with Gasteiger partial charge in [-0.3, -0.25) is 0 Å². The van der Waals surface area contributed by atoms with Crippen molar-refractivity contribution in [3.63, 3.8) is 0 Å². The maximum absolute atomic E-state index is 12.8. The summed E-state index contributed by atoms with van der Waals surface area (Å²) in [4.78, 5) is 0. The maximum Gasteiger partial charge on any atom is 0.416 e. The van der Waals surface area contributed by atoms with Crippen LogP contribution in [0.25, 0.3) is 0 Å². The number of benzene rings is 1. The van der Waals surface area contributed by atoms with Gasteiger partial charge in [0.1, 0.15) is 5.82 Å². The van der Waals surface area contributed by atoms with Gasteiger partial charge in [-0.15, -0.1) is 0 Å². The van der Waals surface area contributed by atoms with Crippen LogP contribution >= 0.6 is 15.9 Å². The summed E-state index contributed by atoms with van der Waals surface area (Å²) in [6.45, 7) is 0. The molecule has 0 aliphatic carbocycles. The van der Waals surface area contributed by atoms with Crippen LogP contribution in [0.15, 0.2) is 16.6 Å². The summed E-state index contributed by atoms with van der Waals surface area (Å²) in [5, 5.41) is 8.37. The molecule has 0 N–H and O–H groups in total. The molecule has 1 aromatic carbocycles. The first kappa shape index (κ1) is 12.0. The zero-order valence-corrected chi connectivity index (χ0v) is 8.78. The van der Waals surface area contributed by atoms with Crippen LogP contribution in [0.1, 0.15) is 11.1 Å². The van der Waals surface area contributed by atoms with E-state index in [0.29, 0.717) is 6.07 Å². The lowest BCUT2D eigenvalue weighted by molar-refractivity contribution is -0.138. The predicted octanol–water partition coefficient (Wildman–Crippen LogP) is 3.67. The van der Waals surface area contributed by atoms with Gasteiger partial charge in [-0.1, -0.05) is 15.9 Å². The molecule has 0 saturated carbocycles. The number of hydrogen-bond acceptors (Lipinski definition) is 1. The Kier molecular flexibility index (Phi) is 3.35. The van der Waals surface area contributed by atoms with Gasteiger partial charge in [-0.05, 0) is 17.7 Å². The highest BCUT2D eigenvalue weighted by Crippen LogP contribution is 2.36. The van der Waals surface area contributed by atoms with E-state index in [-0.39, 0.29) is 10.0 Å². The Morgan fingerprint density at radius 3 is 2.40 bits per heavy atom. The van der Waals surface area contributed by atoms with Crippen molar-refractivity contribution in [1.29, 1.82) is 5.26 Å². The highest BCUT2D eigenvalue weighted by atomic mass is 79.9. The lowest BCUT2D eigenvalue weighted by atomic mass is 10.0. The molecule has 0 bridgehead atoms. The Morgan fingerprint density at radius 1 is 1.33 bits per heavy atom. The van der Waals surface area contributed by atoms with E-state index in [1.165, 1.54) is 0 Å². The molecule has 0 aromatic heterocycles. The van der Waals surface area contributed by atoms with E-state index in [1.807, 2.05) is 0 Å². The van der Waals surface area contributed by atoms with Crippen molar-refractivity contribution >= 4 is 15.9 Å². The first-order valence-corrected chi connectivity index (χ1v) is 4.57. The van der Waals surface area contributed by atoms with E-state index in [9.17, 15) is 17.6 Å².